The van der Waals surface area contributed by atoms with Crippen molar-refractivity contribution in [2.75, 3.05) is 73.0 Å². The van der Waals surface area contributed by atoms with Gasteiger partial charge in [-0.2, -0.15) is 0 Å². The molecule has 3 saturated heterocycles. The van der Waals surface area contributed by atoms with Gasteiger partial charge in [0.25, 0.3) is 0 Å². The number of nitrogens with zero attached hydrogens (tertiary/aromatic N) is 6. The Bertz CT molecular complexity index is 2360. The Morgan fingerprint density at radius 3 is 2.16 bits per heavy atom. The number of carbonyl (C=O) groups is 2. The molecule has 8 rings (SSSR count). The number of sulfonamides is 1. The molecule has 64 heavy (non-hydrogen) atoms. The number of halogens is 1. The molecule has 0 radical (unpaired) electrons. The Hall–Kier alpha value is -4.51. The number of hydrogen-bond acceptors (Lipinski definition) is 12. The molecular weight excluding hydrogens is 850 g/mol. The summed E-state index contributed by atoms with van der Waals surface area (Å²) in [5.74, 6) is 0.570. The summed E-state index contributed by atoms with van der Waals surface area (Å²) >= 11 is 1.47. The van der Waals surface area contributed by atoms with E-state index in [9.17, 15) is 18.0 Å². The quantitative estimate of drug-likeness (QED) is 0.106. The van der Waals surface area contributed by atoms with Gasteiger partial charge in [0.05, 0.1) is 38.6 Å². The van der Waals surface area contributed by atoms with E-state index in [0.717, 1.165) is 82.1 Å². The van der Waals surface area contributed by atoms with Crippen LogP contribution in [0, 0.1) is 17.7 Å². The van der Waals surface area contributed by atoms with Crippen molar-refractivity contribution in [3.63, 3.8) is 0 Å². The summed E-state index contributed by atoms with van der Waals surface area (Å²) in [6.45, 7) is 16.9. The second kappa shape index (κ2) is 19.9. The molecule has 1 aliphatic carbocycles. The van der Waals surface area contributed by atoms with Gasteiger partial charge in [-0.05, 0) is 99.1 Å². The highest BCUT2D eigenvalue weighted by atomic mass is 32.2. The molecule has 1 atom stereocenters. The molecule has 4 fully saturated rings. The minimum absolute atomic E-state index is 0.0932. The maximum atomic E-state index is 16.1. The van der Waals surface area contributed by atoms with E-state index in [1.54, 1.807) is 25.3 Å². The minimum Gasteiger partial charge on any atom is -0.372 e. The lowest BCUT2D eigenvalue weighted by atomic mass is 9.85. The van der Waals surface area contributed by atoms with Crippen LogP contribution in [0.15, 0.2) is 54.7 Å². The molecule has 5 heterocycles. The van der Waals surface area contributed by atoms with Crippen molar-refractivity contribution in [3.05, 3.63) is 71.1 Å². The largest absolute Gasteiger partial charge is 0.372 e. The molecule has 0 unspecified atom stereocenters. The Balaban J connectivity index is 0.791. The lowest BCUT2D eigenvalue weighted by Crippen LogP contribution is -2.50. The van der Waals surface area contributed by atoms with Gasteiger partial charge in [0, 0.05) is 87.7 Å². The molecule has 344 valence electrons. The molecule has 2 aromatic carbocycles. The standard InChI is InChI=1S/C48H64FN9O4S2/c1-5-29-64(61,62)55-39-8-6-7-38(42(39)49)43-44(63-46(54-43)48(2,3)4)40-19-22-50-47(52-40)51-35-13-9-32(10-14-35)30-56-25-27-57(28-26-56)31-33-20-23-58(24-21-33)36-15-11-34(12-16-36)37-17-18-41(59)53-45(37)60/h6-8,11-12,15-16,19,22,32-33,35,37,55H,5,9-10,13-14,17-18,20-21,23-31H2,1-4H3,(H,50,51,52)(H,53,59,60)/t32?,35?,37-/m0/s1. The van der Waals surface area contributed by atoms with Gasteiger partial charge in [-0.1, -0.05) is 45.9 Å². The first-order valence-corrected chi connectivity index (χ1v) is 25.7. The molecule has 1 saturated carbocycles. The number of thiazole rings is 1. The van der Waals surface area contributed by atoms with Gasteiger partial charge < -0.3 is 20.0 Å². The first-order chi connectivity index (χ1) is 30.7. The minimum atomic E-state index is -3.69. The fraction of sp³-hybridized carbons (Fsp3) is 0.562. The van der Waals surface area contributed by atoms with Crippen molar-refractivity contribution in [3.8, 4) is 21.8 Å². The Labute approximate surface area is 382 Å². The second-order valence-electron chi connectivity index (χ2n) is 19.3. The molecule has 3 N–H and O–H groups in total. The summed E-state index contributed by atoms with van der Waals surface area (Å²) < 4.78 is 43.6. The zero-order valence-corrected chi connectivity index (χ0v) is 39.4. The van der Waals surface area contributed by atoms with E-state index in [-0.39, 0.29) is 46.2 Å². The van der Waals surface area contributed by atoms with E-state index < -0.39 is 15.8 Å². The summed E-state index contributed by atoms with van der Waals surface area (Å²) in [5.41, 5.74) is 3.11. The van der Waals surface area contributed by atoms with Gasteiger partial charge in [0.1, 0.15) is 0 Å². The number of piperazine rings is 1. The van der Waals surface area contributed by atoms with Crippen LogP contribution in [0.3, 0.4) is 0 Å². The number of hydrogen-bond donors (Lipinski definition) is 3. The third-order valence-corrected chi connectivity index (χ3v) is 16.3. The maximum Gasteiger partial charge on any atom is 0.234 e. The summed E-state index contributed by atoms with van der Waals surface area (Å²) in [7, 11) is -3.69. The first kappa shape index (κ1) is 46.0. The van der Waals surface area contributed by atoms with Crippen LogP contribution in [0.25, 0.3) is 21.8 Å². The number of nitrogens with one attached hydrogen (secondary N) is 3. The number of aromatic nitrogens is 3. The van der Waals surface area contributed by atoms with E-state index >= 15 is 4.39 Å². The van der Waals surface area contributed by atoms with Gasteiger partial charge in [0.2, 0.25) is 27.8 Å². The highest BCUT2D eigenvalue weighted by Crippen LogP contribution is 2.42. The molecule has 2 aromatic heterocycles. The summed E-state index contributed by atoms with van der Waals surface area (Å²) in [6.07, 6.45) is 9.91. The van der Waals surface area contributed by atoms with Crippen molar-refractivity contribution < 1.29 is 22.4 Å². The number of anilines is 3. The third kappa shape index (κ3) is 11.3. The average Bonchev–Trinajstić information content (AvgIpc) is 3.73. The number of imide groups is 1. The van der Waals surface area contributed by atoms with E-state index in [0.29, 0.717) is 53.3 Å². The van der Waals surface area contributed by atoms with E-state index in [4.69, 9.17) is 9.97 Å². The highest BCUT2D eigenvalue weighted by Gasteiger charge is 2.31. The Morgan fingerprint density at radius 2 is 1.52 bits per heavy atom. The first-order valence-electron chi connectivity index (χ1n) is 23.2. The van der Waals surface area contributed by atoms with Crippen molar-refractivity contribution in [2.24, 2.45) is 11.8 Å². The number of carbonyl (C=O) groups excluding carboxylic acids is 2. The van der Waals surface area contributed by atoms with Crippen LogP contribution in [0.5, 0.6) is 0 Å². The highest BCUT2D eigenvalue weighted by molar-refractivity contribution is 7.92. The second-order valence-corrected chi connectivity index (χ2v) is 22.1. The fourth-order valence-electron chi connectivity index (χ4n) is 9.69. The van der Waals surface area contributed by atoms with Crippen LogP contribution in [-0.4, -0.2) is 109 Å². The molecule has 16 heteroatoms. The third-order valence-electron chi connectivity index (χ3n) is 13.3. The van der Waals surface area contributed by atoms with Gasteiger partial charge in [-0.25, -0.2) is 27.8 Å². The molecule has 4 aromatic rings. The summed E-state index contributed by atoms with van der Waals surface area (Å²) in [5, 5.41) is 6.91. The number of benzene rings is 2. The molecule has 13 nitrogen and oxygen atoms in total. The summed E-state index contributed by atoms with van der Waals surface area (Å²) in [6, 6.07) is 15.2. The monoisotopic (exact) mass is 913 g/mol. The van der Waals surface area contributed by atoms with Gasteiger partial charge in [-0.15, -0.1) is 11.3 Å². The summed E-state index contributed by atoms with van der Waals surface area (Å²) in [4.78, 5) is 46.8. The smallest absolute Gasteiger partial charge is 0.234 e. The van der Waals surface area contributed by atoms with Crippen molar-refractivity contribution in [1.29, 1.82) is 0 Å². The van der Waals surface area contributed by atoms with Crippen molar-refractivity contribution >= 4 is 50.5 Å². The van der Waals surface area contributed by atoms with Gasteiger partial charge >= 0.3 is 0 Å². The van der Waals surface area contributed by atoms with Crippen molar-refractivity contribution in [1.82, 2.24) is 30.1 Å². The SMILES string of the molecule is CCCS(=O)(=O)Nc1cccc(-c2nc(C(C)(C)C)sc2-c2ccnc(NC3CCC(CN4CCN(CC5CCN(c6ccc([C@@H]7CCC(=O)NC7=O)cc6)CC5)CC4)CC3)n2)c1F. The lowest BCUT2D eigenvalue weighted by Gasteiger charge is -2.41. The lowest BCUT2D eigenvalue weighted by molar-refractivity contribution is -0.134. The molecule has 0 spiro atoms. The normalized spacial score (nSPS) is 22.1. The van der Waals surface area contributed by atoms with Crippen LogP contribution in [-0.2, 0) is 25.0 Å². The van der Waals surface area contributed by atoms with E-state index in [1.807, 2.05) is 6.07 Å². The average molecular weight is 914 g/mol. The van der Waals surface area contributed by atoms with Crippen LogP contribution < -0.4 is 20.3 Å². The van der Waals surface area contributed by atoms with Gasteiger partial charge in [0.15, 0.2) is 5.82 Å². The molecule has 0 bridgehead atoms. The predicted octanol–water partition coefficient (Wildman–Crippen LogP) is 7.88. The number of amides is 2. The zero-order chi connectivity index (χ0) is 45.0. The molecular formula is C48H64FN9O4S2. The van der Waals surface area contributed by atoms with Crippen molar-refractivity contribution in [2.45, 2.75) is 103 Å². The zero-order valence-electron chi connectivity index (χ0n) is 37.7. The maximum absolute atomic E-state index is 16.1. The van der Waals surface area contributed by atoms with Crippen LogP contribution in [0.2, 0.25) is 0 Å². The Morgan fingerprint density at radius 1 is 0.844 bits per heavy atom. The predicted molar refractivity (Wildman–Crippen MR) is 254 cm³/mol. The van der Waals surface area contributed by atoms with Gasteiger partial charge in [-0.3, -0.25) is 19.6 Å². The molecule has 4 aliphatic rings. The molecule has 2 amide bonds. The van der Waals surface area contributed by atoms with E-state index in [1.165, 1.54) is 42.5 Å². The Kier molecular flexibility index (Phi) is 14.3. The molecule has 3 aliphatic heterocycles. The van der Waals surface area contributed by atoms with Crippen LogP contribution in [0.4, 0.5) is 21.7 Å². The number of rotatable bonds is 14. The van der Waals surface area contributed by atoms with E-state index in [2.05, 4.69) is 80.1 Å². The number of piperidine rings is 2. The van der Waals surface area contributed by atoms with Crippen LogP contribution >= 0.6 is 11.3 Å². The van der Waals surface area contributed by atoms with Crippen LogP contribution in [0.1, 0.15) is 102 Å². The topological polar surface area (TPSA) is 153 Å². The fourth-order valence-corrected chi connectivity index (χ4v) is 11.9.